The minimum absolute atomic E-state index is 0.126. The lowest BCUT2D eigenvalue weighted by atomic mass is 9.84. The fourth-order valence-corrected chi connectivity index (χ4v) is 2.59. The number of amides is 1. The number of nitrogens with one attached hydrogen (secondary N) is 2. The summed E-state index contributed by atoms with van der Waals surface area (Å²) in [5.74, 6) is -1.20. The highest BCUT2D eigenvalue weighted by molar-refractivity contribution is 5.81. The first-order chi connectivity index (χ1) is 9.86. The van der Waals surface area contributed by atoms with E-state index < -0.39 is 22.6 Å². The van der Waals surface area contributed by atoms with Crippen LogP contribution in [0.2, 0.25) is 0 Å². The summed E-state index contributed by atoms with van der Waals surface area (Å²) >= 11 is 0. The van der Waals surface area contributed by atoms with Crippen LogP contribution >= 0.6 is 0 Å². The molecule has 0 aliphatic carbocycles. The van der Waals surface area contributed by atoms with Gasteiger partial charge in [-0.15, -0.1) is 0 Å². The maximum absolute atomic E-state index is 12.2. The summed E-state index contributed by atoms with van der Waals surface area (Å²) in [5, 5.41) is 9.29. The van der Waals surface area contributed by atoms with Crippen molar-refractivity contribution in [3.05, 3.63) is 32.6 Å². The van der Waals surface area contributed by atoms with Gasteiger partial charge in [0.1, 0.15) is 0 Å². The number of H-pyrrole nitrogens is 2. The molecule has 1 unspecified atom stereocenters. The van der Waals surface area contributed by atoms with Gasteiger partial charge in [0, 0.05) is 24.8 Å². The van der Waals surface area contributed by atoms with Crippen LogP contribution in [0.4, 0.5) is 0 Å². The van der Waals surface area contributed by atoms with Crippen molar-refractivity contribution in [1.82, 2.24) is 14.9 Å². The predicted molar refractivity (Wildman–Crippen MR) is 72.9 cm³/mol. The van der Waals surface area contributed by atoms with Gasteiger partial charge in [0.05, 0.1) is 11.8 Å². The van der Waals surface area contributed by atoms with Gasteiger partial charge in [0.25, 0.3) is 5.56 Å². The number of aliphatic carboxylic acids is 1. The zero-order valence-electron chi connectivity index (χ0n) is 11.6. The average Bonchev–Trinajstić information content (AvgIpc) is 2.83. The third kappa shape index (κ3) is 3.04. The second kappa shape index (κ2) is 5.55. The number of likely N-dealkylation sites (tertiary alicyclic amines) is 1. The van der Waals surface area contributed by atoms with Gasteiger partial charge in [-0.05, 0) is 12.8 Å². The van der Waals surface area contributed by atoms with E-state index in [0.717, 1.165) is 6.07 Å². The van der Waals surface area contributed by atoms with Gasteiger partial charge in [-0.2, -0.15) is 0 Å². The van der Waals surface area contributed by atoms with Crippen LogP contribution in [-0.2, 0) is 16.0 Å². The monoisotopic (exact) mass is 295 g/mol. The van der Waals surface area contributed by atoms with Gasteiger partial charge in [0.15, 0.2) is 0 Å². The van der Waals surface area contributed by atoms with Crippen molar-refractivity contribution < 1.29 is 14.7 Å². The minimum atomic E-state index is -0.898. The van der Waals surface area contributed by atoms with Crippen molar-refractivity contribution in [2.75, 3.05) is 13.1 Å². The van der Waals surface area contributed by atoms with E-state index in [9.17, 15) is 24.3 Å². The molecule has 0 saturated carbocycles. The van der Waals surface area contributed by atoms with Crippen LogP contribution in [-0.4, -0.2) is 44.9 Å². The standard InChI is InChI=1S/C13H17N3O5/c1-2-13(11(19)20)3-4-16(7-13)10(18)6-8-5-9(17)15-12(21)14-8/h5H,2-4,6-7H2,1H3,(H,19,20)(H2,14,15,17,21). The van der Waals surface area contributed by atoms with Gasteiger partial charge >= 0.3 is 11.7 Å². The summed E-state index contributed by atoms with van der Waals surface area (Å²) < 4.78 is 0. The number of aromatic amines is 2. The number of nitrogens with zero attached hydrogens (tertiary/aromatic N) is 1. The summed E-state index contributed by atoms with van der Waals surface area (Å²) in [6.07, 6.45) is 0.739. The summed E-state index contributed by atoms with van der Waals surface area (Å²) in [4.78, 5) is 51.7. The Labute approximate surface area is 119 Å². The van der Waals surface area contributed by atoms with Crippen LogP contribution in [0.1, 0.15) is 25.5 Å². The molecule has 114 valence electrons. The lowest BCUT2D eigenvalue weighted by Crippen LogP contribution is -2.37. The quantitative estimate of drug-likeness (QED) is 0.679. The highest BCUT2D eigenvalue weighted by Gasteiger charge is 2.44. The van der Waals surface area contributed by atoms with Crippen molar-refractivity contribution in [2.45, 2.75) is 26.2 Å². The summed E-state index contributed by atoms with van der Waals surface area (Å²) in [6, 6.07) is 1.15. The van der Waals surface area contributed by atoms with E-state index in [1.54, 1.807) is 6.92 Å². The van der Waals surface area contributed by atoms with Crippen molar-refractivity contribution in [3.8, 4) is 0 Å². The molecule has 0 bridgehead atoms. The normalized spacial score (nSPS) is 21.5. The first kappa shape index (κ1) is 15.0. The van der Waals surface area contributed by atoms with Gasteiger partial charge in [-0.25, -0.2) is 4.79 Å². The molecule has 1 aliphatic rings. The Balaban J connectivity index is 2.10. The molecule has 0 aromatic carbocycles. The van der Waals surface area contributed by atoms with Crippen LogP contribution in [0.25, 0.3) is 0 Å². The van der Waals surface area contributed by atoms with E-state index in [1.807, 2.05) is 4.98 Å². The number of carbonyl (C=O) groups excluding carboxylic acids is 1. The van der Waals surface area contributed by atoms with Crippen LogP contribution in [0.3, 0.4) is 0 Å². The number of carbonyl (C=O) groups is 2. The largest absolute Gasteiger partial charge is 0.481 e. The molecule has 1 amide bonds. The molecule has 3 N–H and O–H groups in total. The van der Waals surface area contributed by atoms with E-state index in [0.29, 0.717) is 19.4 Å². The molecule has 2 rings (SSSR count). The van der Waals surface area contributed by atoms with Gasteiger partial charge in [-0.1, -0.05) is 6.92 Å². The molecule has 0 spiro atoms. The molecule has 1 aromatic rings. The van der Waals surface area contributed by atoms with E-state index >= 15 is 0 Å². The molecule has 21 heavy (non-hydrogen) atoms. The SMILES string of the molecule is CCC1(C(=O)O)CCN(C(=O)Cc2cc(=O)[nH]c(=O)[nH]2)C1. The van der Waals surface area contributed by atoms with Crippen LogP contribution < -0.4 is 11.2 Å². The fourth-order valence-electron chi connectivity index (χ4n) is 2.59. The smallest absolute Gasteiger partial charge is 0.325 e. The van der Waals surface area contributed by atoms with Crippen molar-refractivity contribution in [1.29, 1.82) is 0 Å². The molecule has 0 radical (unpaired) electrons. The second-order valence-corrected chi connectivity index (χ2v) is 5.29. The minimum Gasteiger partial charge on any atom is -0.481 e. The molecule has 2 heterocycles. The van der Waals surface area contributed by atoms with E-state index in [-0.39, 0.29) is 24.6 Å². The highest BCUT2D eigenvalue weighted by atomic mass is 16.4. The zero-order valence-corrected chi connectivity index (χ0v) is 11.6. The Morgan fingerprint density at radius 3 is 2.62 bits per heavy atom. The van der Waals surface area contributed by atoms with E-state index in [4.69, 9.17) is 0 Å². The molecule has 1 saturated heterocycles. The third-order valence-corrected chi connectivity index (χ3v) is 3.99. The van der Waals surface area contributed by atoms with Crippen molar-refractivity contribution in [2.24, 2.45) is 5.41 Å². The van der Waals surface area contributed by atoms with Crippen molar-refractivity contribution >= 4 is 11.9 Å². The molecule has 1 aromatic heterocycles. The second-order valence-electron chi connectivity index (χ2n) is 5.29. The van der Waals surface area contributed by atoms with E-state index in [1.165, 1.54) is 4.90 Å². The maximum atomic E-state index is 12.2. The molecule has 8 nitrogen and oxygen atoms in total. The topological polar surface area (TPSA) is 123 Å². The maximum Gasteiger partial charge on any atom is 0.325 e. The van der Waals surface area contributed by atoms with Gasteiger partial charge in [-0.3, -0.25) is 19.4 Å². The number of hydrogen-bond donors (Lipinski definition) is 3. The molecular weight excluding hydrogens is 278 g/mol. The molecule has 8 heteroatoms. The Kier molecular flexibility index (Phi) is 3.97. The summed E-state index contributed by atoms with van der Waals surface area (Å²) in [6.45, 7) is 2.31. The zero-order chi connectivity index (χ0) is 15.6. The number of carboxylic acid groups (broad SMARTS) is 1. The Hall–Kier alpha value is -2.38. The average molecular weight is 295 g/mol. The number of aromatic nitrogens is 2. The van der Waals surface area contributed by atoms with E-state index in [2.05, 4.69) is 4.98 Å². The predicted octanol–water partition coefficient (Wildman–Crippen LogP) is -0.681. The highest BCUT2D eigenvalue weighted by Crippen LogP contribution is 2.34. The summed E-state index contributed by atoms with van der Waals surface area (Å²) in [7, 11) is 0. The number of rotatable bonds is 4. The summed E-state index contributed by atoms with van der Waals surface area (Å²) in [5.41, 5.74) is -1.91. The molecule has 1 aliphatic heterocycles. The van der Waals surface area contributed by atoms with Crippen molar-refractivity contribution in [3.63, 3.8) is 0 Å². The third-order valence-electron chi connectivity index (χ3n) is 3.99. The number of carboxylic acids is 1. The molecular formula is C13H17N3O5. The first-order valence-corrected chi connectivity index (χ1v) is 6.70. The number of hydrogen-bond acceptors (Lipinski definition) is 4. The first-order valence-electron chi connectivity index (χ1n) is 6.70. The van der Waals surface area contributed by atoms with Crippen LogP contribution in [0.15, 0.2) is 15.7 Å². The molecule has 1 fully saturated rings. The fraction of sp³-hybridized carbons (Fsp3) is 0.538. The van der Waals surface area contributed by atoms with Crippen LogP contribution in [0.5, 0.6) is 0 Å². The Morgan fingerprint density at radius 1 is 1.38 bits per heavy atom. The Morgan fingerprint density at radius 2 is 2.10 bits per heavy atom. The van der Waals surface area contributed by atoms with Gasteiger partial charge < -0.3 is 15.0 Å². The lowest BCUT2D eigenvalue weighted by molar-refractivity contribution is -0.148. The lowest BCUT2D eigenvalue weighted by Gasteiger charge is -2.23. The van der Waals surface area contributed by atoms with Gasteiger partial charge in [0.2, 0.25) is 5.91 Å². The Bertz CT molecular complexity index is 649. The molecule has 1 atom stereocenters. The van der Waals surface area contributed by atoms with Crippen LogP contribution in [0, 0.1) is 5.41 Å².